The summed E-state index contributed by atoms with van der Waals surface area (Å²) >= 11 is 0. The lowest BCUT2D eigenvalue weighted by atomic mass is 10.0. The van der Waals surface area contributed by atoms with Gasteiger partial charge in [-0.05, 0) is 38.5 Å². The van der Waals surface area contributed by atoms with Gasteiger partial charge in [0, 0.05) is 42.8 Å². The molecule has 0 radical (unpaired) electrons. The summed E-state index contributed by atoms with van der Waals surface area (Å²) in [6.07, 6.45) is 0. The molecule has 3 heterocycles. The van der Waals surface area contributed by atoms with Crippen molar-refractivity contribution < 1.29 is 4.42 Å². The van der Waals surface area contributed by atoms with Crippen LogP contribution in [-0.4, -0.2) is 27.9 Å². The molecule has 0 aliphatic rings. The molecule has 2 aromatic carbocycles. The minimum Gasteiger partial charge on any atom is -0.422 e. The van der Waals surface area contributed by atoms with E-state index in [-0.39, 0.29) is 5.63 Å². The van der Waals surface area contributed by atoms with E-state index in [4.69, 9.17) is 14.5 Å². The van der Waals surface area contributed by atoms with E-state index in [2.05, 4.69) is 24.8 Å². The van der Waals surface area contributed by atoms with Crippen LogP contribution in [0.3, 0.4) is 0 Å². The van der Waals surface area contributed by atoms with E-state index in [9.17, 15) is 4.79 Å². The average Bonchev–Trinajstić information content (AvgIpc) is 3.12. The van der Waals surface area contributed by atoms with Gasteiger partial charge < -0.3 is 9.32 Å². The molecular weight excluding hydrogens is 388 g/mol. The molecule has 156 valence electrons. The van der Waals surface area contributed by atoms with Gasteiger partial charge in [-0.2, -0.15) is 5.10 Å². The summed E-state index contributed by atoms with van der Waals surface area (Å²) in [6, 6.07) is 16.0. The Balaban J connectivity index is 1.86. The van der Waals surface area contributed by atoms with Crippen molar-refractivity contribution in [1.82, 2.24) is 14.8 Å². The molecule has 0 N–H and O–H groups in total. The van der Waals surface area contributed by atoms with E-state index in [1.807, 2.05) is 56.4 Å². The molecule has 0 amide bonds. The first-order valence-corrected chi connectivity index (χ1v) is 10.6. The van der Waals surface area contributed by atoms with Crippen LogP contribution in [0, 0.1) is 6.92 Å². The van der Waals surface area contributed by atoms with Crippen molar-refractivity contribution >= 4 is 38.6 Å². The standard InChI is InChI=1S/C25H24N4O2/c1-5-29(6-2)17-12-13-18-19(14-17)31-25(30)21-15(3)20-22(16-10-8-7-9-11-16)27-28(4)24(20)26-23(18)21/h7-14H,5-6H2,1-4H3. The molecular formula is C25H24N4O2. The van der Waals surface area contributed by atoms with Crippen molar-refractivity contribution in [2.75, 3.05) is 18.0 Å². The number of benzene rings is 2. The Labute approximate surface area is 179 Å². The Morgan fingerprint density at radius 3 is 2.48 bits per heavy atom. The number of nitrogens with zero attached hydrogens (tertiary/aromatic N) is 4. The summed E-state index contributed by atoms with van der Waals surface area (Å²) < 4.78 is 7.57. The van der Waals surface area contributed by atoms with Crippen molar-refractivity contribution in [1.29, 1.82) is 0 Å². The van der Waals surface area contributed by atoms with Gasteiger partial charge in [-0.3, -0.25) is 0 Å². The predicted molar refractivity (Wildman–Crippen MR) is 126 cm³/mol. The molecule has 0 aliphatic heterocycles. The molecule has 0 saturated carbocycles. The van der Waals surface area contributed by atoms with Gasteiger partial charge in [-0.25, -0.2) is 14.5 Å². The van der Waals surface area contributed by atoms with Crippen LogP contribution in [0.5, 0.6) is 0 Å². The first-order valence-electron chi connectivity index (χ1n) is 10.6. The van der Waals surface area contributed by atoms with E-state index in [1.165, 1.54) is 0 Å². The fourth-order valence-corrected chi connectivity index (χ4v) is 4.42. The Morgan fingerprint density at radius 2 is 1.77 bits per heavy atom. The van der Waals surface area contributed by atoms with Gasteiger partial charge >= 0.3 is 5.63 Å². The monoisotopic (exact) mass is 412 g/mol. The van der Waals surface area contributed by atoms with Crippen molar-refractivity contribution in [3.8, 4) is 11.3 Å². The third-order valence-corrected chi connectivity index (χ3v) is 6.02. The SMILES string of the molecule is CCN(CC)c1ccc2c(c1)oc(=O)c1c(C)c3c(-c4ccccc4)nn(C)c3nc12. The van der Waals surface area contributed by atoms with Crippen molar-refractivity contribution in [2.45, 2.75) is 20.8 Å². The van der Waals surface area contributed by atoms with Gasteiger partial charge in [0.25, 0.3) is 0 Å². The lowest BCUT2D eigenvalue weighted by molar-refractivity contribution is 0.569. The molecule has 0 saturated heterocycles. The van der Waals surface area contributed by atoms with E-state index in [1.54, 1.807) is 4.68 Å². The van der Waals surface area contributed by atoms with Crippen LogP contribution in [0.15, 0.2) is 57.7 Å². The molecule has 0 spiro atoms. The van der Waals surface area contributed by atoms with Crippen molar-refractivity contribution in [3.63, 3.8) is 0 Å². The van der Waals surface area contributed by atoms with Crippen molar-refractivity contribution in [3.05, 3.63) is 64.5 Å². The van der Waals surface area contributed by atoms with Gasteiger partial charge in [0.2, 0.25) is 0 Å². The molecule has 0 fully saturated rings. The van der Waals surface area contributed by atoms with Crippen LogP contribution >= 0.6 is 0 Å². The largest absolute Gasteiger partial charge is 0.422 e. The minimum atomic E-state index is -0.367. The third kappa shape index (κ3) is 2.90. The van der Waals surface area contributed by atoms with Gasteiger partial charge in [0.1, 0.15) is 11.3 Å². The molecule has 5 aromatic rings. The van der Waals surface area contributed by atoms with E-state index >= 15 is 0 Å². The molecule has 0 aliphatic carbocycles. The average molecular weight is 412 g/mol. The second kappa shape index (κ2) is 7.23. The summed E-state index contributed by atoms with van der Waals surface area (Å²) in [5.41, 5.74) is 5.29. The smallest absolute Gasteiger partial charge is 0.346 e. The maximum Gasteiger partial charge on any atom is 0.346 e. The quantitative estimate of drug-likeness (QED) is 0.305. The minimum absolute atomic E-state index is 0.367. The third-order valence-electron chi connectivity index (χ3n) is 6.02. The van der Waals surface area contributed by atoms with Crippen LogP contribution < -0.4 is 10.5 Å². The highest BCUT2D eigenvalue weighted by atomic mass is 16.4. The van der Waals surface area contributed by atoms with Gasteiger partial charge in [-0.15, -0.1) is 0 Å². The lowest BCUT2D eigenvalue weighted by Crippen LogP contribution is -2.21. The second-order valence-corrected chi connectivity index (χ2v) is 7.74. The molecule has 6 heteroatoms. The fourth-order valence-electron chi connectivity index (χ4n) is 4.42. The number of aromatic nitrogens is 3. The van der Waals surface area contributed by atoms with Gasteiger partial charge in [-0.1, -0.05) is 30.3 Å². The maximum atomic E-state index is 13.1. The number of aryl methyl sites for hydroxylation is 2. The number of rotatable bonds is 4. The van der Waals surface area contributed by atoms with E-state index in [0.29, 0.717) is 16.5 Å². The first kappa shape index (κ1) is 19.3. The summed E-state index contributed by atoms with van der Waals surface area (Å²) in [7, 11) is 1.89. The van der Waals surface area contributed by atoms with Gasteiger partial charge in [0.15, 0.2) is 5.65 Å². The summed E-state index contributed by atoms with van der Waals surface area (Å²) in [6.45, 7) is 7.94. The van der Waals surface area contributed by atoms with Crippen LogP contribution in [0.2, 0.25) is 0 Å². The number of fused-ring (bicyclic) bond motifs is 4. The van der Waals surface area contributed by atoms with E-state index < -0.39 is 0 Å². The Kier molecular flexibility index (Phi) is 4.50. The Bertz CT molecular complexity index is 1500. The zero-order valence-corrected chi connectivity index (χ0v) is 18.1. The second-order valence-electron chi connectivity index (χ2n) is 7.74. The highest BCUT2D eigenvalue weighted by Gasteiger charge is 2.21. The number of hydrogen-bond acceptors (Lipinski definition) is 5. The predicted octanol–water partition coefficient (Wildman–Crippen LogP) is 5.05. The highest BCUT2D eigenvalue weighted by Crippen LogP contribution is 2.34. The zero-order valence-electron chi connectivity index (χ0n) is 18.1. The van der Waals surface area contributed by atoms with Gasteiger partial charge in [0.05, 0.1) is 16.3 Å². The Hall–Kier alpha value is -3.67. The molecule has 0 unspecified atom stereocenters. The molecule has 0 atom stereocenters. The first-order chi connectivity index (χ1) is 15.0. The van der Waals surface area contributed by atoms with Crippen LogP contribution in [0.25, 0.3) is 44.2 Å². The number of anilines is 1. The van der Waals surface area contributed by atoms with E-state index in [0.717, 1.165) is 52.0 Å². The molecule has 3 aromatic heterocycles. The Morgan fingerprint density at radius 1 is 1.03 bits per heavy atom. The summed E-state index contributed by atoms with van der Waals surface area (Å²) in [4.78, 5) is 20.2. The molecule has 0 bridgehead atoms. The zero-order chi connectivity index (χ0) is 21.7. The highest BCUT2D eigenvalue weighted by molar-refractivity contribution is 6.10. The lowest BCUT2D eigenvalue weighted by Gasteiger charge is -2.21. The molecule has 5 rings (SSSR count). The normalized spacial score (nSPS) is 11.6. The summed E-state index contributed by atoms with van der Waals surface area (Å²) in [5, 5.41) is 6.96. The number of pyridine rings is 1. The summed E-state index contributed by atoms with van der Waals surface area (Å²) in [5.74, 6) is 0. The number of hydrogen-bond donors (Lipinski definition) is 0. The van der Waals surface area contributed by atoms with Crippen LogP contribution in [0.1, 0.15) is 19.4 Å². The fraction of sp³-hybridized carbons (Fsp3) is 0.240. The van der Waals surface area contributed by atoms with Crippen LogP contribution in [0.4, 0.5) is 5.69 Å². The maximum absolute atomic E-state index is 13.1. The van der Waals surface area contributed by atoms with Crippen LogP contribution in [-0.2, 0) is 7.05 Å². The topological polar surface area (TPSA) is 64.2 Å². The van der Waals surface area contributed by atoms with Crippen molar-refractivity contribution in [2.24, 2.45) is 7.05 Å². The molecule has 31 heavy (non-hydrogen) atoms. The molecule has 6 nitrogen and oxygen atoms in total.